The predicted octanol–water partition coefficient (Wildman–Crippen LogP) is 4.02. The molecule has 1 aliphatic carbocycles. The number of halogens is 1. The van der Waals surface area contributed by atoms with Crippen LogP contribution >= 0.6 is 34.7 Å². The third-order valence-electron chi connectivity index (χ3n) is 4.82. The number of H-pyrrole nitrogens is 1. The summed E-state index contributed by atoms with van der Waals surface area (Å²) >= 11 is 9.09. The molecule has 0 radical (unpaired) electrons. The van der Waals surface area contributed by atoms with Gasteiger partial charge in [0.15, 0.2) is 0 Å². The smallest absolute Gasteiger partial charge is 0.259 e. The number of aromatic nitrogens is 2. The first-order valence-corrected chi connectivity index (χ1v) is 11.5. The number of thiophene rings is 1. The molecular weight excluding hydrogens is 414 g/mol. The van der Waals surface area contributed by atoms with Gasteiger partial charge in [-0.3, -0.25) is 9.59 Å². The third kappa shape index (κ3) is 4.11. The summed E-state index contributed by atoms with van der Waals surface area (Å²) in [5.74, 6) is 1.50. The molecule has 2 heterocycles. The van der Waals surface area contributed by atoms with Gasteiger partial charge in [-0.1, -0.05) is 23.7 Å². The number of benzene rings is 1. The molecule has 1 aromatic carbocycles. The van der Waals surface area contributed by atoms with E-state index >= 15 is 0 Å². The normalized spacial score (nSPS) is 13.1. The van der Waals surface area contributed by atoms with E-state index in [0.29, 0.717) is 28.9 Å². The summed E-state index contributed by atoms with van der Waals surface area (Å²) in [7, 11) is 1.78. The van der Waals surface area contributed by atoms with Crippen LogP contribution in [-0.2, 0) is 29.9 Å². The number of nitrogens with one attached hydrogen (secondary N) is 1. The predicted molar refractivity (Wildman–Crippen MR) is 116 cm³/mol. The van der Waals surface area contributed by atoms with E-state index in [-0.39, 0.29) is 11.5 Å². The molecule has 0 saturated carbocycles. The van der Waals surface area contributed by atoms with Gasteiger partial charge in [0.2, 0.25) is 5.91 Å². The van der Waals surface area contributed by atoms with Crippen LogP contribution in [0.15, 0.2) is 29.1 Å². The summed E-state index contributed by atoms with van der Waals surface area (Å²) in [6.07, 6.45) is 3.15. The molecule has 0 fully saturated rings. The summed E-state index contributed by atoms with van der Waals surface area (Å²) in [6.45, 7) is 0.516. The van der Waals surface area contributed by atoms with Gasteiger partial charge in [0, 0.05) is 23.5 Å². The number of nitrogens with zero attached hydrogens (tertiary/aromatic N) is 2. The molecule has 146 valence electrons. The maximum absolute atomic E-state index is 12.5. The van der Waals surface area contributed by atoms with Gasteiger partial charge in [-0.2, -0.15) is 0 Å². The van der Waals surface area contributed by atoms with Crippen molar-refractivity contribution in [3.63, 3.8) is 0 Å². The average Bonchev–Trinajstić information content (AvgIpc) is 3.22. The van der Waals surface area contributed by atoms with Crippen LogP contribution < -0.4 is 5.56 Å². The highest BCUT2D eigenvalue weighted by atomic mass is 35.5. The van der Waals surface area contributed by atoms with Crippen molar-refractivity contribution in [2.45, 2.75) is 31.6 Å². The number of aromatic amines is 1. The minimum absolute atomic E-state index is 0.0310. The van der Waals surface area contributed by atoms with E-state index in [4.69, 9.17) is 11.6 Å². The largest absolute Gasteiger partial charge is 0.341 e. The van der Waals surface area contributed by atoms with Crippen molar-refractivity contribution in [3.05, 3.63) is 61.5 Å². The minimum atomic E-state index is -0.0515. The maximum atomic E-state index is 12.5. The maximum Gasteiger partial charge on any atom is 0.259 e. The molecular formula is C20H20ClN3O2S2. The highest BCUT2D eigenvalue weighted by Crippen LogP contribution is 2.34. The Morgan fingerprint density at radius 3 is 3.07 bits per heavy atom. The number of amides is 1. The number of fused-ring (bicyclic) bond motifs is 3. The van der Waals surface area contributed by atoms with E-state index in [1.54, 1.807) is 23.3 Å². The summed E-state index contributed by atoms with van der Waals surface area (Å²) in [5.41, 5.74) is 2.13. The molecule has 1 amide bonds. The number of carbonyl (C=O) groups is 1. The zero-order valence-corrected chi connectivity index (χ0v) is 17.8. The van der Waals surface area contributed by atoms with Crippen LogP contribution in [0.1, 0.15) is 28.2 Å². The fourth-order valence-electron chi connectivity index (χ4n) is 3.46. The summed E-state index contributed by atoms with van der Waals surface area (Å²) in [4.78, 5) is 36.2. The topological polar surface area (TPSA) is 66.1 Å². The van der Waals surface area contributed by atoms with Gasteiger partial charge in [0.05, 0.1) is 16.9 Å². The summed E-state index contributed by atoms with van der Waals surface area (Å²) in [6, 6.07) is 7.50. The van der Waals surface area contributed by atoms with E-state index in [0.717, 1.165) is 35.0 Å². The van der Waals surface area contributed by atoms with Crippen LogP contribution in [0.5, 0.6) is 0 Å². The first-order valence-electron chi connectivity index (χ1n) is 9.11. The molecule has 4 rings (SSSR count). The first kappa shape index (κ1) is 19.5. The van der Waals surface area contributed by atoms with E-state index in [9.17, 15) is 9.59 Å². The second kappa shape index (κ2) is 8.27. The van der Waals surface area contributed by atoms with Crippen molar-refractivity contribution in [1.82, 2.24) is 14.9 Å². The van der Waals surface area contributed by atoms with E-state index < -0.39 is 0 Å². The van der Waals surface area contributed by atoms with Crippen LogP contribution in [-0.4, -0.2) is 33.6 Å². The number of aryl methyl sites for hydroxylation is 2. The lowest BCUT2D eigenvalue weighted by atomic mass is 10.2. The van der Waals surface area contributed by atoms with Gasteiger partial charge in [0.1, 0.15) is 10.7 Å². The van der Waals surface area contributed by atoms with Crippen LogP contribution in [0, 0.1) is 0 Å². The number of thioether (sulfide) groups is 1. The summed E-state index contributed by atoms with van der Waals surface area (Å²) < 4.78 is 0. The fraction of sp³-hybridized carbons (Fsp3) is 0.350. The lowest BCUT2D eigenvalue weighted by Crippen LogP contribution is -2.27. The first-order chi connectivity index (χ1) is 13.5. The van der Waals surface area contributed by atoms with Crippen LogP contribution in [0.3, 0.4) is 0 Å². The molecule has 0 saturated heterocycles. The monoisotopic (exact) mass is 433 g/mol. The number of rotatable bonds is 6. The van der Waals surface area contributed by atoms with Crippen molar-refractivity contribution in [3.8, 4) is 0 Å². The van der Waals surface area contributed by atoms with E-state index in [1.807, 2.05) is 24.3 Å². The Balaban J connectivity index is 1.35. The Labute approximate surface area is 176 Å². The average molecular weight is 434 g/mol. The minimum Gasteiger partial charge on any atom is -0.341 e. The van der Waals surface area contributed by atoms with Crippen LogP contribution in [0.4, 0.5) is 0 Å². The second-order valence-corrected chi connectivity index (χ2v) is 9.43. The highest BCUT2D eigenvalue weighted by molar-refractivity contribution is 7.99. The lowest BCUT2D eigenvalue weighted by Gasteiger charge is -2.17. The second-order valence-electron chi connectivity index (χ2n) is 6.92. The van der Waals surface area contributed by atoms with Crippen molar-refractivity contribution < 1.29 is 4.79 Å². The number of carbonyl (C=O) groups excluding carboxylic acids is 1. The molecule has 0 bridgehead atoms. The van der Waals surface area contributed by atoms with Gasteiger partial charge >= 0.3 is 0 Å². The van der Waals surface area contributed by atoms with E-state index in [2.05, 4.69) is 9.97 Å². The Hall–Kier alpha value is -1.83. The molecule has 0 unspecified atom stereocenters. The van der Waals surface area contributed by atoms with Crippen molar-refractivity contribution in [1.29, 1.82) is 0 Å². The zero-order chi connectivity index (χ0) is 19.7. The Morgan fingerprint density at radius 2 is 2.25 bits per heavy atom. The number of hydrogen-bond donors (Lipinski definition) is 1. The van der Waals surface area contributed by atoms with Crippen LogP contribution in [0.25, 0.3) is 10.2 Å². The molecule has 1 N–H and O–H groups in total. The molecule has 0 spiro atoms. The van der Waals surface area contributed by atoms with Gasteiger partial charge in [0.25, 0.3) is 5.56 Å². The standard InChI is InChI=1S/C20H20ClN3O2S2/c1-24(9-12-4-2-5-13(21)8-12)17(25)11-27-10-16-22-19(26)18-14-6-3-7-15(14)28-20(18)23-16/h2,4-5,8H,3,6-7,9-11H2,1H3,(H,22,23,26). The van der Waals surface area contributed by atoms with Crippen molar-refractivity contribution in [2.75, 3.05) is 12.8 Å². The molecule has 8 heteroatoms. The Morgan fingerprint density at radius 1 is 1.39 bits per heavy atom. The molecule has 0 aliphatic heterocycles. The number of hydrogen-bond acceptors (Lipinski definition) is 5. The van der Waals surface area contributed by atoms with Crippen molar-refractivity contribution in [2.24, 2.45) is 0 Å². The third-order valence-corrected chi connectivity index (χ3v) is 7.17. The van der Waals surface area contributed by atoms with Gasteiger partial charge in [-0.15, -0.1) is 23.1 Å². The molecule has 28 heavy (non-hydrogen) atoms. The Kier molecular flexibility index (Phi) is 5.75. The van der Waals surface area contributed by atoms with Crippen LogP contribution in [0.2, 0.25) is 5.02 Å². The zero-order valence-electron chi connectivity index (χ0n) is 15.5. The quantitative estimate of drug-likeness (QED) is 0.637. The SMILES string of the molecule is CN(Cc1cccc(Cl)c1)C(=O)CSCc1nc2sc3c(c2c(=O)[nH]1)CCC3. The Bertz CT molecular complexity index is 1090. The van der Waals surface area contributed by atoms with Gasteiger partial charge in [-0.25, -0.2) is 4.98 Å². The van der Waals surface area contributed by atoms with E-state index in [1.165, 1.54) is 22.2 Å². The molecule has 5 nitrogen and oxygen atoms in total. The molecule has 1 aliphatic rings. The highest BCUT2D eigenvalue weighted by Gasteiger charge is 2.21. The fourth-order valence-corrected chi connectivity index (χ4v) is 5.78. The van der Waals surface area contributed by atoms with Gasteiger partial charge in [-0.05, 0) is 42.5 Å². The molecule has 3 aromatic rings. The van der Waals surface area contributed by atoms with Gasteiger partial charge < -0.3 is 9.88 Å². The molecule has 2 aromatic heterocycles. The lowest BCUT2D eigenvalue weighted by molar-refractivity contribution is -0.127. The van der Waals surface area contributed by atoms with Crippen molar-refractivity contribution >= 4 is 50.8 Å². The molecule has 0 atom stereocenters. The summed E-state index contributed by atoms with van der Waals surface area (Å²) in [5, 5.41) is 1.43.